The third-order valence-electron chi connectivity index (χ3n) is 4.86. The molecule has 0 spiro atoms. The van der Waals surface area contributed by atoms with Gasteiger partial charge < -0.3 is 4.90 Å². The van der Waals surface area contributed by atoms with E-state index in [9.17, 15) is 4.79 Å². The minimum absolute atomic E-state index is 0.0808. The number of rotatable bonds is 3. The molecular weight excluding hydrogens is 312 g/mol. The monoisotopic (exact) mass is 334 g/mol. The van der Waals surface area contributed by atoms with Crippen molar-refractivity contribution in [3.63, 3.8) is 0 Å². The highest BCUT2D eigenvalue weighted by Crippen LogP contribution is 2.19. The number of aromatic nitrogens is 3. The maximum Gasteiger partial charge on any atom is 0.266 e. The van der Waals surface area contributed by atoms with Gasteiger partial charge in [-0.2, -0.15) is 0 Å². The zero-order valence-corrected chi connectivity index (χ0v) is 14.6. The van der Waals surface area contributed by atoms with Crippen LogP contribution < -0.4 is 10.5 Å². The van der Waals surface area contributed by atoms with E-state index in [0.717, 1.165) is 24.7 Å². The van der Waals surface area contributed by atoms with Crippen molar-refractivity contribution in [3.8, 4) is 5.69 Å². The van der Waals surface area contributed by atoms with Gasteiger partial charge in [-0.25, -0.2) is 9.97 Å². The van der Waals surface area contributed by atoms with E-state index in [1.807, 2.05) is 18.2 Å². The Bertz CT molecular complexity index is 954. The molecule has 1 aliphatic rings. The summed E-state index contributed by atoms with van der Waals surface area (Å²) in [4.78, 5) is 24.0. The molecule has 2 aromatic heterocycles. The van der Waals surface area contributed by atoms with E-state index in [-0.39, 0.29) is 5.56 Å². The molecule has 1 fully saturated rings. The Morgan fingerprint density at radius 3 is 2.44 bits per heavy atom. The lowest BCUT2D eigenvalue weighted by atomic mass is 10.0. The Labute approximate surface area is 147 Å². The smallest absolute Gasteiger partial charge is 0.266 e. The highest BCUT2D eigenvalue weighted by Gasteiger charge is 2.16. The first-order chi connectivity index (χ1) is 12.1. The third-order valence-corrected chi connectivity index (χ3v) is 4.86. The molecule has 3 heterocycles. The van der Waals surface area contributed by atoms with Crippen LogP contribution in [0.2, 0.25) is 0 Å². The number of benzene rings is 1. The maximum atomic E-state index is 12.8. The summed E-state index contributed by atoms with van der Waals surface area (Å²) in [6, 6.07) is 10.0. The van der Waals surface area contributed by atoms with Crippen LogP contribution in [0, 0.1) is 0 Å². The average molecular weight is 334 g/mol. The van der Waals surface area contributed by atoms with Gasteiger partial charge in [-0.05, 0) is 42.5 Å². The van der Waals surface area contributed by atoms with Crippen molar-refractivity contribution >= 4 is 16.9 Å². The van der Waals surface area contributed by atoms with Gasteiger partial charge >= 0.3 is 0 Å². The molecule has 4 rings (SSSR count). The standard InChI is InChI=1S/C20H22N4O/c1-14(2)15-5-7-16(8-6-15)24-12-9-18-17(19(24)25)13-21-20(22-18)23-10-3-4-11-23/h5-9,12-14H,3-4,10-11H2,1-2H3. The summed E-state index contributed by atoms with van der Waals surface area (Å²) in [6.07, 6.45) is 5.82. The minimum Gasteiger partial charge on any atom is -0.341 e. The van der Waals surface area contributed by atoms with Crippen molar-refractivity contribution in [2.24, 2.45) is 0 Å². The van der Waals surface area contributed by atoms with Crippen molar-refractivity contribution in [2.75, 3.05) is 18.0 Å². The van der Waals surface area contributed by atoms with Crippen LogP contribution in [0.25, 0.3) is 16.6 Å². The van der Waals surface area contributed by atoms with Crippen molar-refractivity contribution in [1.82, 2.24) is 14.5 Å². The lowest BCUT2D eigenvalue weighted by molar-refractivity contribution is 0.864. The highest BCUT2D eigenvalue weighted by atomic mass is 16.1. The van der Waals surface area contributed by atoms with E-state index >= 15 is 0 Å². The van der Waals surface area contributed by atoms with Crippen LogP contribution in [0.15, 0.2) is 47.5 Å². The van der Waals surface area contributed by atoms with Crippen molar-refractivity contribution < 1.29 is 0 Å². The molecule has 1 aromatic carbocycles. The summed E-state index contributed by atoms with van der Waals surface area (Å²) < 4.78 is 1.66. The lowest BCUT2D eigenvalue weighted by Gasteiger charge is -2.15. The quantitative estimate of drug-likeness (QED) is 0.735. The van der Waals surface area contributed by atoms with E-state index in [2.05, 4.69) is 40.8 Å². The predicted molar refractivity (Wildman–Crippen MR) is 101 cm³/mol. The van der Waals surface area contributed by atoms with Gasteiger partial charge in [0, 0.05) is 31.2 Å². The number of anilines is 1. The molecule has 128 valence electrons. The molecule has 0 N–H and O–H groups in total. The average Bonchev–Trinajstić information content (AvgIpc) is 3.16. The molecule has 5 heteroatoms. The summed E-state index contributed by atoms with van der Waals surface area (Å²) in [7, 11) is 0. The van der Waals surface area contributed by atoms with Gasteiger partial charge in [-0.15, -0.1) is 0 Å². The van der Waals surface area contributed by atoms with Gasteiger partial charge in [-0.1, -0.05) is 26.0 Å². The molecule has 5 nitrogen and oxygen atoms in total. The fourth-order valence-electron chi connectivity index (χ4n) is 3.31. The topological polar surface area (TPSA) is 51.0 Å². The van der Waals surface area contributed by atoms with E-state index in [0.29, 0.717) is 16.8 Å². The van der Waals surface area contributed by atoms with Gasteiger partial charge in [-0.3, -0.25) is 9.36 Å². The number of pyridine rings is 1. The van der Waals surface area contributed by atoms with Gasteiger partial charge in [0.1, 0.15) is 0 Å². The predicted octanol–water partition coefficient (Wildman–Crippen LogP) is 3.50. The van der Waals surface area contributed by atoms with Crippen LogP contribution >= 0.6 is 0 Å². The van der Waals surface area contributed by atoms with Crippen molar-refractivity contribution in [3.05, 3.63) is 58.6 Å². The fraction of sp³-hybridized carbons (Fsp3) is 0.350. The van der Waals surface area contributed by atoms with E-state index in [4.69, 9.17) is 0 Å². The molecule has 0 bridgehead atoms. The van der Waals surface area contributed by atoms with Crippen LogP contribution in [0.3, 0.4) is 0 Å². The second kappa shape index (κ2) is 6.31. The van der Waals surface area contributed by atoms with Crippen LogP contribution in [-0.2, 0) is 0 Å². The molecule has 1 saturated heterocycles. The molecule has 3 aromatic rings. The Hall–Kier alpha value is -2.69. The fourth-order valence-corrected chi connectivity index (χ4v) is 3.31. The Morgan fingerprint density at radius 1 is 1.04 bits per heavy atom. The summed E-state index contributed by atoms with van der Waals surface area (Å²) in [5.74, 6) is 1.20. The van der Waals surface area contributed by atoms with Gasteiger partial charge in [0.2, 0.25) is 5.95 Å². The van der Waals surface area contributed by atoms with Crippen molar-refractivity contribution in [2.45, 2.75) is 32.6 Å². The molecule has 0 unspecified atom stereocenters. The Kier molecular flexibility index (Phi) is 3.99. The number of hydrogen-bond acceptors (Lipinski definition) is 4. The zero-order valence-electron chi connectivity index (χ0n) is 14.6. The maximum absolute atomic E-state index is 12.8. The van der Waals surface area contributed by atoms with Gasteiger partial charge in [0.15, 0.2) is 0 Å². The highest BCUT2D eigenvalue weighted by molar-refractivity contribution is 5.78. The second-order valence-electron chi connectivity index (χ2n) is 6.90. The van der Waals surface area contributed by atoms with E-state index in [1.54, 1.807) is 17.0 Å². The molecule has 0 atom stereocenters. The van der Waals surface area contributed by atoms with Crippen molar-refractivity contribution in [1.29, 1.82) is 0 Å². The molecule has 0 saturated carbocycles. The second-order valence-corrected chi connectivity index (χ2v) is 6.90. The van der Waals surface area contributed by atoms with E-state index in [1.165, 1.54) is 18.4 Å². The van der Waals surface area contributed by atoms with Crippen LogP contribution in [-0.4, -0.2) is 27.6 Å². The van der Waals surface area contributed by atoms with Crippen LogP contribution in [0.1, 0.15) is 38.2 Å². The molecule has 25 heavy (non-hydrogen) atoms. The number of fused-ring (bicyclic) bond motifs is 1. The first kappa shape index (κ1) is 15.8. The summed E-state index contributed by atoms with van der Waals surface area (Å²) >= 11 is 0. The lowest BCUT2D eigenvalue weighted by Crippen LogP contribution is -2.22. The molecule has 0 aliphatic carbocycles. The van der Waals surface area contributed by atoms with E-state index < -0.39 is 0 Å². The molecule has 1 aliphatic heterocycles. The first-order valence-electron chi connectivity index (χ1n) is 8.87. The molecular formula is C20H22N4O. The van der Waals surface area contributed by atoms with Crippen LogP contribution in [0.4, 0.5) is 5.95 Å². The summed E-state index contributed by atoms with van der Waals surface area (Å²) in [5.41, 5.74) is 2.75. The number of hydrogen-bond donors (Lipinski definition) is 0. The van der Waals surface area contributed by atoms with Gasteiger partial charge in [0.05, 0.1) is 10.9 Å². The Balaban J connectivity index is 1.74. The summed E-state index contributed by atoms with van der Waals surface area (Å²) in [6.45, 7) is 6.30. The van der Waals surface area contributed by atoms with Gasteiger partial charge in [0.25, 0.3) is 5.56 Å². The molecule has 0 amide bonds. The molecule has 0 radical (unpaired) electrons. The first-order valence-corrected chi connectivity index (χ1v) is 8.87. The number of nitrogens with zero attached hydrogens (tertiary/aromatic N) is 4. The normalized spacial score (nSPS) is 14.6. The third kappa shape index (κ3) is 2.90. The zero-order chi connectivity index (χ0) is 17.4. The Morgan fingerprint density at radius 2 is 1.76 bits per heavy atom. The van der Waals surface area contributed by atoms with Crippen LogP contribution in [0.5, 0.6) is 0 Å². The SMILES string of the molecule is CC(C)c1ccc(-n2ccc3nc(N4CCCC4)ncc3c2=O)cc1. The minimum atomic E-state index is -0.0808. The summed E-state index contributed by atoms with van der Waals surface area (Å²) in [5, 5.41) is 0.554. The largest absolute Gasteiger partial charge is 0.341 e.